The summed E-state index contributed by atoms with van der Waals surface area (Å²) in [6, 6.07) is 10.5. The third kappa shape index (κ3) is 4.91. The fraction of sp³-hybridized carbons (Fsp3) is 0.118. The second-order valence-electron chi connectivity index (χ2n) is 4.67. The minimum absolute atomic E-state index is 0.259. The lowest BCUT2D eigenvalue weighted by atomic mass is 10.2. The second kappa shape index (κ2) is 7.90. The van der Waals surface area contributed by atoms with Crippen molar-refractivity contribution in [3.63, 3.8) is 0 Å². The van der Waals surface area contributed by atoms with Gasteiger partial charge >= 0.3 is 0 Å². The van der Waals surface area contributed by atoms with Crippen molar-refractivity contribution in [3.05, 3.63) is 63.6 Å². The van der Waals surface area contributed by atoms with Gasteiger partial charge in [-0.3, -0.25) is 4.79 Å². The highest BCUT2D eigenvalue weighted by molar-refractivity contribution is 6.35. The first-order valence-corrected chi connectivity index (χ1v) is 7.47. The minimum atomic E-state index is -0.517. The molecule has 2 rings (SSSR count). The SMILES string of the molecule is COc1ccc(/C=C\C(N)=O)cc1OCc1ccc(Cl)cc1Cl. The van der Waals surface area contributed by atoms with Gasteiger partial charge in [-0.15, -0.1) is 0 Å². The molecule has 2 N–H and O–H groups in total. The molecule has 0 atom stereocenters. The summed E-state index contributed by atoms with van der Waals surface area (Å²) < 4.78 is 11.0. The van der Waals surface area contributed by atoms with Crippen molar-refractivity contribution in [1.82, 2.24) is 0 Å². The predicted molar refractivity (Wildman–Crippen MR) is 92.0 cm³/mol. The number of hydrogen-bond donors (Lipinski definition) is 1. The number of methoxy groups -OCH3 is 1. The molecule has 0 aliphatic carbocycles. The molecule has 0 aliphatic rings. The highest BCUT2D eigenvalue weighted by atomic mass is 35.5. The molecule has 0 heterocycles. The van der Waals surface area contributed by atoms with E-state index in [1.807, 2.05) is 0 Å². The van der Waals surface area contributed by atoms with Crippen LogP contribution in [0.2, 0.25) is 10.0 Å². The van der Waals surface area contributed by atoms with E-state index in [2.05, 4.69) is 0 Å². The van der Waals surface area contributed by atoms with Crippen molar-refractivity contribution >= 4 is 35.2 Å². The molecule has 0 saturated heterocycles. The Hall–Kier alpha value is -2.17. The number of amides is 1. The van der Waals surface area contributed by atoms with Crippen LogP contribution in [0.15, 0.2) is 42.5 Å². The molecular formula is C17H15Cl2NO3. The number of hydrogen-bond acceptors (Lipinski definition) is 3. The smallest absolute Gasteiger partial charge is 0.241 e. The van der Waals surface area contributed by atoms with Crippen LogP contribution in [0.4, 0.5) is 0 Å². The first-order valence-electron chi connectivity index (χ1n) is 6.72. The zero-order valence-electron chi connectivity index (χ0n) is 12.4. The number of carbonyl (C=O) groups is 1. The summed E-state index contributed by atoms with van der Waals surface area (Å²) in [6.07, 6.45) is 2.88. The first kappa shape index (κ1) is 17.2. The molecule has 0 unspecified atom stereocenters. The van der Waals surface area contributed by atoms with E-state index in [-0.39, 0.29) is 6.61 Å². The van der Waals surface area contributed by atoms with Crippen molar-refractivity contribution in [2.75, 3.05) is 7.11 Å². The molecule has 1 amide bonds. The van der Waals surface area contributed by atoms with Crippen LogP contribution in [-0.2, 0) is 11.4 Å². The standard InChI is InChI=1S/C17H15Cl2NO3/c1-22-15-6-2-11(3-7-17(20)21)8-16(15)23-10-12-4-5-13(18)9-14(12)19/h2-9H,10H2,1H3,(H2,20,21)/b7-3-. The molecule has 2 aromatic carbocycles. The molecule has 0 fully saturated rings. The van der Waals surface area contributed by atoms with E-state index in [0.29, 0.717) is 21.5 Å². The number of benzene rings is 2. The number of halogens is 2. The lowest BCUT2D eigenvalue weighted by molar-refractivity contribution is -0.113. The summed E-state index contributed by atoms with van der Waals surface area (Å²) in [5.41, 5.74) is 6.66. The van der Waals surface area contributed by atoms with Crippen molar-refractivity contribution in [1.29, 1.82) is 0 Å². The van der Waals surface area contributed by atoms with Gasteiger partial charge < -0.3 is 15.2 Å². The van der Waals surface area contributed by atoms with Gasteiger partial charge in [-0.2, -0.15) is 0 Å². The summed E-state index contributed by atoms with van der Waals surface area (Å²) in [5.74, 6) is 0.590. The Labute approximate surface area is 144 Å². The Morgan fingerprint density at radius 1 is 1.17 bits per heavy atom. The first-order chi connectivity index (χ1) is 11.0. The molecule has 0 aliphatic heterocycles. The Morgan fingerprint density at radius 3 is 2.61 bits per heavy atom. The lowest BCUT2D eigenvalue weighted by Crippen LogP contribution is -2.05. The predicted octanol–water partition coefficient (Wildman–Crippen LogP) is 4.08. The zero-order chi connectivity index (χ0) is 16.8. The summed E-state index contributed by atoms with van der Waals surface area (Å²) in [6.45, 7) is 0.259. The third-order valence-corrected chi connectivity index (χ3v) is 3.61. The monoisotopic (exact) mass is 351 g/mol. The van der Waals surface area contributed by atoms with Gasteiger partial charge in [0.15, 0.2) is 11.5 Å². The molecule has 4 nitrogen and oxygen atoms in total. The van der Waals surface area contributed by atoms with Crippen molar-refractivity contribution in [3.8, 4) is 11.5 Å². The Balaban J connectivity index is 2.20. The van der Waals surface area contributed by atoms with Crippen molar-refractivity contribution in [2.24, 2.45) is 5.73 Å². The van der Waals surface area contributed by atoms with Crippen molar-refractivity contribution in [2.45, 2.75) is 6.61 Å². The third-order valence-electron chi connectivity index (χ3n) is 3.03. The van der Waals surface area contributed by atoms with E-state index in [1.54, 1.807) is 49.6 Å². The number of carbonyl (C=O) groups excluding carboxylic acids is 1. The van der Waals surface area contributed by atoms with Crippen LogP contribution in [0.25, 0.3) is 6.08 Å². The van der Waals surface area contributed by atoms with Gasteiger partial charge in [-0.1, -0.05) is 35.3 Å². The van der Waals surface area contributed by atoms with Gasteiger partial charge in [0.05, 0.1) is 7.11 Å². The molecule has 0 radical (unpaired) electrons. The van der Waals surface area contributed by atoms with Crippen LogP contribution in [0.3, 0.4) is 0 Å². The maximum Gasteiger partial charge on any atom is 0.241 e. The molecular weight excluding hydrogens is 337 g/mol. The van der Waals surface area contributed by atoms with Crippen LogP contribution in [0.5, 0.6) is 11.5 Å². The molecule has 23 heavy (non-hydrogen) atoms. The van der Waals surface area contributed by atoms with Crippen LogP contribution in [-0.4, -0.2) is 13.0 Å². The topological polar surface area (TPSA) is 61.5 Å². The highest BCUT2D eigenvalue weighted by Gasteiger charge is 2.07. The van der Waals surface area contributed by atoms with Crippen LogP contribution in [0, 0.1) is 0 Å². The van der Waals surface area contributed by atoms with E-state index >= 15 is 0 Å². The Kier molecular flexibility index (Phi) is 5.90. The second-order valence-corrected chi connectivity index (χ2v) is 5.51. The fourth-order valence-electron chi connectivity index (χ4n) is 1.88. The Bertz CT molecular complexity index is 745. The normalized spacial score (nSPS) is 10.7. The zero-order valence-corrected chi connectivity index (χ0v) is 13.9. The van der Waals surface area contributed by atoms with Crippen LogP contribution >= 0.6 is 23.2 Å². The summed E-state index contributed by atoms with van der Waals surface area (Å²) in [7, 11) is 1.55. The van der Waals surface area contributed by atoms with Crippen LogP contribution in [0.1, 0.15) is 11.1 Å². The van der Waals surface area contributed by atoms with E-state index in [1.165, 1.54) is 6.08 Å². The molecule has 0 saturated carbocycles. The van der Waals surface area contributed by atoms with E-state index < -0.39 is 5.91 Å². The van der Waals surface area contributed by atoms with Crippen LogP contribution < -0.4 is 15.2 Å². The van der Waals surface area contributed by atoms with Gasteiger partial charge in [-0.25, -0.2) is 0 Å². The Morgan fingerprint density at radius 2 is 1.96 bits per heavy atom. The largest absolute Gasteiger partial charge is 0.493 e. The van der Waals surface area contributed by atoms with Gasteiger partial charge in [0, 0.05) is 21.7 Å². The van der Waals surface area contributed by atoms with E-state index in [0.717, 1.165) is 11.1 Å². The average Bonchev–Trinajstić information content (AvgIpc) is 2.52. The number of rotatable bonds is 6. The van der Waals surface area contributed by atoms with Gasteiger partial charge in [-0.05, 0) is 35.9 Å². The van der Waals surface area contributed by atoms with Gasteiger partial charge in [0.25, 0.3) is 0 Å². The molecule has 0 spiro atoms. The van der Waals surface area contributed by atoms with Crippen molar-refractivity contribution < 1.29 is 14.3 Å². The lowest BCUT2D eigenvalue weighted by Gasteiger charge is -2.12. The highest BCUT2D eigenvalue weighted by Crippen LogP contribution is 2.30. The quantitative estimate of drug-likeness (QED) is 0.797. The summed E-state index contributed by atoms with van der Waals surface area (Å²) in [4.78, 5) is 10.8. The van der Waals surface area contributed by atoms with Gasteiger partial charge in [0.1, 0.15) is 6.61 Å². The van der Waals surface area contributed by atoms with Gasteiger partial charge in [0.2, 0.25) is 5.91 Å². The number of ether oxygens (including phenoxy) is 2. The molecule has 0 bridgehead atoms. The molecule has 0 aromatic heterocycles. The maximum absolute atomic E-state index is 10.8. The average molecular weight is 352 g/mol. The number of primary amides is 1. The fourth-order valence-corrected chi connectivity index (χ4v) is 2.35. The summed E-state index contributed by atoms with van der Waals surface area (Å²) >= 11 is 12.0. The molecule has 2 aromatic rings. The number of nitrogens with two attached hydrogens (primary N) is 1. The van der Waals surface area contributed by atoms with E-state index in [4.69, 9.17) is 38.4 Å². The molecule has 6 heteroatoms. The minimum Gasteiger partial charge on any atom is -0.493 e. The summed E-state index contributed by atoms with van der Waals surface area (Å²) in [5, 5.41) is 1.09. The van der Waals surface area contributed by atoms with E-state index in [9.17, 15) is 4.79 Å². The molecule has 120 valence electrons. The maximum atomic E-state index is 10.8.